The largest absolute Gasteiger partial charge is 0.366 e. The lowest BCUT2D eigenvalue weighted by Crippen LogP contribution is -2.23. The van der Waals surface area contributed by atoms with Crippen LogP contribution in [0.15, 0.2) is 53.4 Å². The Kier molecular flexibility index (Phi) is 6.50. The Labute approximate surface area is 144 Å². The minimum absolute atomic E-state index is 0.0472. The van der Waals surface area contributed by atoms with Crippen LogP contribution in [0.2, 0.25) is 5.02 Å². The van der Waals surface area contributed by atoms with Crippen LogP contribution in [-0.2, 0) is 11.3 Å². The molecule has 120 valence electrons. The van der Waals surface area contributed by atoms with Crippen molar-refractivity contribution in [3.05, 3.63) is 64.7 Å². The number of hydrogen-bond donors (Lipinski definition) is 2. The number of nitrogens with one attached hydrogen (secondary N) is 1. The number of carbonyl (C=O) groups is 2. The second-order valence-corrected chi connectivity index (χ2v) is 6.41. The molecule has 2 aromatic rings. The van der Waals surface area contributed by atoms with Crippen LogP contribution < -0.4 is 11.1 Å². The number of thioether (sulfide) groups is 1. The normalized spacial score (nSPS) is 10.3. The summed E-state index contributed by atoms with van der Waals surface area (Å²) in [7, 11) is 0. The molecule has 2 amide bonds. The summed E-state index contributed by atoms with van der Waals surface area (Å²) in [5.74, 6) is 0.125. The summed E-state index contributed by atoms with van der Waals surface area (Å²) in [6, 6.07) is 14.5. The van der Waals surface area contributed by atoms with Crippen molar-refractivity contribution in [2.75, 3.05) is 5.75 Å². The summed E-state index contributed by atoms with van der Waals surface area (Å²) < 4.78 is 0. The lowest BCUT2D eigenvalue weighted by atomic mass is 10.1. The average Bonchev–Trinajstić information content (AvgIpc) is 2.55. The van der Waals surface area contributed by atoms with E-state index in [2.05, 4.69) is 5.32 Å². The Morgan fingerprint density at radius 2 is 1.91 bits per heavy atom. The van der Waals surface area contributed by atoms with E-state index in [1.807, 2.05) is 30.3 Å². The van der Waals surface area contributed by atoms with E-state index in [1.54, 1.807) is 30.0 Å². The molecule has 0 unspecified atom stereocenters. The number of primary amides is 1. The highest BCUT2D eigenvalue weighted by Crippen LogP contribution is 2.26. The van der Waals surface area contributed by atoms with Gasteiger partial charge in [-0.05, 0) is 29.8 Å². The van der Waals surface area contributed by atoms with Gasteiger partial charge in [-0.1, -0.05) is 35.9 Å². The molecule has 0 radical (unpaired) electrons. The van der Waals surface area contributed by atoms with E-state index in [1.165, 1.54) is 0 Å². The zero-order chi connectivity index (χ0) is 16.7. The summed E-state index contributed by atoms with van der Waals surface area (Å²) in [6.45, 7) is 0.372. The Hall–Kier alpha value is -1.98. The summed E-state index contributed by atoms with van der Waals surface area (Å²) in [5, 5.41) is 3.52. The van der Waals surface area contributed by atoms with Crippen molar-refractivity contribution in [3.8, 4) is 0 Å². The number of carbonyl (C=O) groups excluding carboxylic acids is 2. The second-order valence-electron chi connectivity index (χ2n) is 4.87. The third-order valence-corrected chi connectivity index (χ3v) is 4.64. The van der Waals surface area contributed by atoms with E-state index in [9.17, 15) is 9.59 Å². The van der Waals surface area contributed by atoms with Gasteiger partial charge in [-0.25, -0.2) is 0 Å². The molecular weight excluding hydrogens is 332 g/mol. The Morgan fingerprint density at radius 1 is 1.13 bits per heavy atom. The molecule has 0 aliphatic rings. The van der Waals surface area contributed by atoms with Crippen LogP contribution in [0.5, 0.6) is 0 Å². The zero-order valence-electron chi connectivity index (χ0n) is 12.4. The van der Waals surface area contributed by atoms with Crippen molar-refractivity contribution in [2.24, 2.45) is 5.73 Å². The zero-order valence-corrected chi connectivity index (χ0v) is 14.0. The minimum Gasteiger partial charge on any atom is -0.366 e. The molecule has 0 fully saturated rings. The van der Waals surface area contributed by atoms with Crippen molar-refractivity contribution in [1.82, 2.24) is 5.32 Å². The number of hydrogen-bond acceptors (Lipinski definition) is 3. The van der Waals surface area contributed by atoms with Crippen LogP contribution in [-0.4, -0.2) is 17.6 Å². The Bertz CT molecular complexity index is 706. The smallest absolute Gasteiger partial charge is 0.248 e. The number of benzene rings is 2. The van der Waals surface area contributed by atoms with Crippen LogP contribution in [0.1, 0.15) is 22.3 Å². The first-order chi connectivity index (χ1) is 11.1. The average molecular weight is 349 g/mol. The molecule has 0 saturated carbocycles. The van der Waals surface area contributed by atoms with E-state index < -0.39 is 5.91 Å². The van der Waals surface area contributed by atoms with Crippen molar-refractivity contribution >= 4 is 35.2 Å². The third kappa shape index (κ3) is 5.62. The van der Waals surface area contributed by atoms with Crippen LogP contribution in [0.25, 0.3) is 0 Å². The summed E-state index contributed by atoms with van der Waals surface area (Å²) >= 11 is 7.61. The summed E-state index contributed by atoms with van der Waals surface area (Å²) in [4.78, 5) is 23.9. The van der Waals surface area contributed by atoms with Gasteiger partial charge in [-0.3, -0.25) is 9.59 Å². The van der Waals surface area contributed by atoms with Crippen LogP contribution >= 0.6 is 23.4 Å². The van der Waals surface area contributed by atoms with E-state index in [0.29, 0.717) is 29.3 Å². The Morgan fingerprint density at radius 3 is 2.65 bits per heavy atom. The quantitative estimate of drug-likeness (QED) is 0.754. The van der Waals surface area contributed by atoms with E-state index in [0.717, 1.165) is 10.5 Å². The van der Waals surface area contributed by atoms with Gasteiger partial charge in [0.2, 0.25) is 11.8 Å². The predicted molar refractivity (Wildman–Crippen MR) is 93.6 cm³/mol. The number of nitrogens with two attached hydrogens (primary N) is 1. The minimum atomic E-state index is -0.477. The molecule has 2 aromatic carbocycles. The lowest BCUT2D eigenvalue weighted by Gasteiger charge is -2.07. The maximum absolute atomic E-state index is 11.9. The van der Waals surface area contributed by atoms with Crippen LogP contribution in [0.4, 0.5) is 0 Å². The molecule has 0 heterocycles. The molecule has 0 aliphatic heterocycles. The van der Waals surface area contributed by atoms with Gasteiger partial charge >= 0.3 is 0 Å². The molecule has 3 N–H and O–H groups in total. The monoisotopic (exact) mass is 348 g/mol. The van der Waals surface area contributed by atoms with E-state index in [4.69, 9.17) is 17.3 Å². The van der Waals surface area contributed by atoms with Gasteiger partial charge in [-0.15, -0.1) is 11.8 Å². The fourth-order valence-electron chi connectivity index (χ4n) is 1.94. The number of rotatable bonds is 7. The second kappa shape index (κ2) is 8.60. The number of amides is 2. The first kappa shape index (κ1) is 17.4. The van der Waals surface area contributed by atoms with Crippen molar-refractivity contribution < 1.29 is 9.59 Å². The predicted octanol–water partition coefficient (Wildman–Crippen LogP) is 3.24. The van der Waals surface area contributed by atoms with Crippen molar-refractivity contribution in [1.29, 1.82) is 0 Å². The molecule has 0 atom stereocenters. The molecule has 2 rings (SSSR count). The molecule has 0 saturated heterocycles. The van der Waals surface area contributed by atoms with Gasteiger partial charge in [0.05, 0.1) is 5.02 Å². The van der Waals surface area contributed by atoms with Gasteiger partial charge < -0.3 is 11.1 Å². The summed E-state index contributed by atoms with van der Waals surface area (Å²) in [5.41, 5.74) is 6.51. The van der Waals surface area contributed by atoms with Gasteiger partial charge in [-0.2, -0.15) is 0 Å². The first-order valence-corrected chi connectivity index (χ1v) is 8.45. The molecule has 0 aliphatic carbocycles. The maximum Gasteiger partial charge on any atom is 0.248 e. The molecule has 23 heavy (non-hydrogen) atoms. The summed E-state index contributed by atoms with van der Waals surface area (Å²) in [6.07, 6.45) is 0.394. The molecule has 4 nitrogen and oxygen atoms in total. The standard InChI is InChI=1S/C17H17ClN2O2S/c18-14-6-1-2-7-15(14)23-9-8-16(21)20-11-12-4-3-5-13(10-12)17(19)22/h1-7,10H,8-9,11H2,(H2,19,22)(H,20,21). The lowest BCUT2D eigenvalue weighted by molar-refractivity contribution is -0.120. The fraction of sp³-hybridized carbons (Fsp3) is 0.176. The van der Waals surface area contributed by atoms with Gasteiger partial charge in [0.15, 0.2) is 0 Å². The molecule has 0 bridgehead atoms. The highest BCUT2D eigenvalue weighted by Gasteiger charge is 2.05. The molecule has 0 aromatic heterocycles. The topological polar surface area (TPSA) is 72.2 Å². The van der Waals surface area contributed by atoms with Gasteiger partial charge in [0, 0.05) is 29.2 Å². The molecular formula is C17H17ClN2O2S. The SMILES string of the molecule is NC(=O)c1cccc(CNC(=O)CCSc2ccccc2Cl)c1. The first-order valence-electron chi connectivity index (χ1n) is 7.09. The fourth-order valence-corrected chi connectivity index (χ4v) is 3.13. The third-order valence-electron chi connectivity index (χ3n) is 3.12. The van der Waals surface area contributed by atoms with Crippen molar-refractivity contribution in [3.63, 3.8) is 0 Å². The van der Waals surface area contributed by atoms with Gasteiger partial charge in [0.25, 0.3) is 0 Å². The highest BCUT2D eigenvalue weighted by atomic mass is 35.5. The molecule has 6 heteroatoms. The highest BCUT2D eigenvalue weighted by molar-refractivity contribution is 7.99. The van der Waals surface area contributed by atoms with Gasteiger partial charge in [0.1, 0.15) is 0 Å². The van der Waals surface area contributed by atoms with Crippen LogP contribution in [0, 0.1) is 0 Å². The molecule has 0 spiro atoms. The Balaban J connectivity index is 1.76. The number of halogens is 1. The van der Waals surface area contributed by atoms with Crippen LogP contribution in [0.3, 0.4) is 0 Å². The van der Waals surface area contributed by atoms with Crippen molar-refractivity contribution in [2.45, 2.75) is 17.9 Å². The van der Waals surface area contributed by atoms with E-state index >= 15 is 0 Å². The van der Waals surface area contributed by atoms with E-state index in [-0.39, 0.29) is 5.91 Å². The maximum atomic E-state index is 11.9.